The zero-order valence-electron chi connectivity index (χ0n) is 8.21. The van der Waals surface area contributed by atoms with Crippen molar-refractivity contribution in [2.24, 2.45) is 5.92 Å². The van der Waals surface area contributed by atoms with Crippen molar-refractivity contribution in [3.63, 3.8) is 0 Å². The molecule has 1 unspecified atom stereocenters. The summed E-state index contributed by atoms with van der Waals surface area (Å²) in [4.78, 5) is 0. The van der Waals surface area contributed by atoms with Gasteiger partial charge in [-0.2, -0.15) is 0 Å². The van der Waals surface area contributed by atoms with Crippen LogP contribution in [-0.2, 0) is 9.47 Å². The third-order valence-corrected chi connectivity index (χ3v) is 1.70. The Morgan fingerprint density at radius 1 is 1.58 bits per heavy atom. The van der Waals surface area contributed by atoms with E-state index >= 15 is 0 Å². The second kappa shape index (κ2) is 6.97. The van der Waals surface area contributed by atoms with Crippen LogP contribution >= 0.6 is 0 Å². The minimum absolute atomic E-state index is 0. The van der Waals surface area contributed by atoms with Gasteiger partial charge in [-0.3, -0.25) is 0 Å². The van der Waals surface area contributed by atoms with Gasteiger partial charge in [-0.1, -0.05) is 6.92 Å². The maximum atomic E-state index is 5.46. The molecule has 0 aromatic rings. The number of hydrogen-bond donors (Lipinski definition) is 0. The van der Waals surface area contributed by atoms with Crippen LogP contribution in [0.3, 0.4) is 0 Å². The Kier molecular flexibility index (Phi) is 7.27. The molecule has 0 radical (unpaired) electrons. The van der Waals surface area contributed by atoms with Crippen molar-refractivity contribution in [1.82, 2.24) is 0 Å². The Morgan fingerprint density at radius 3 is 2.83 bits per heavy atom. The average Bonchev–Trinajstić information content (AvgIpc) is 2.03. The first-order valence-electron chi connectivity index (χ1n) is 4.35. The van der Waals surface area contributed by atoms with Crippen molar-refractivity contribution >= 4 is 0 Å². The molecular weight excluding hydrogens is 147 g/mol. The smallest absolute Gasteiger partial charge is 0.355 e. The molecular formula is C9H17LiO2. The van der Waals surface area contributed by atoms with E-state index in [9.17, 15) is 0 Å². The predicted molar refractivity (Wildman–Crippen MR) is 44.1 cm³/mol. The molecule has 2 nitrogen and oxygen atoms in total. The van der Waals surface area contributed by atoms with Crippen LogP contribution in [-0.4, -0.2) is 19.5 Å². The van der Waals surface area contributed by atoms with Crippen molar-refractivity contribution in [3.8, 4) is 0 Å². The Hall–Kier alpha value is 0.517. The molecule has 0 aromatic carbocycles. The molecule has 0 N–H and O–H groups in total. The van der Waals surface area contributed by atoms with Crippen LogP contribution in [0, 0.1) is 12.8 Å². The van der Waals surface area contributed by atoms with E-state index in [1.165, 1.54) is 12.8 Å². The second-order valence-corrected chi connectivity index (χ2v) is 3.23. The summed E-state index contributed by atoms with van der Waals surface area (Å²) in [5.41, 5.74) is 0. The molecule has 1 fully saturated rings. The predicted octanol–water partition coefficient (Wildman–Crippen LogP) is -0.996. The van der Waals surface area contributed by atoms with Gasteiger partial charge in [0, 0.05) is 13.2 Å². The zero-order chi connectivity index (χ0) is 8.10. The zero-order valence-corrected chi connectivity index (χ0v) is 8.21. The summed E-state index contributed by atoms with van der Waals surface area (Å²) in [6, 6.07) is 0. The molecule has 66 valence electrons. The van der Waals surface area contributed by atoms with E-state index in [0.29, 0.717) is 12.5 Å². The Morgan fingerprint density at radius 2 is 2.33 bits per heavy atom. The van der Waals surface area contributed by atoms with Crippen LogP contribution in [0.2, 0.25) is 0 Å². The minimum Gasteiger partial charge on any atom is -0.355 e. The number of rotatable bonds is 3. The maximum absolute atomic E-state index is 5.46. The number of hydrogen-bond acceptors (Lipinski definition) is 2. The molecule has 1 saturated heterocycles. The largest absolute Gasteiger partial charge is 1.00 e. The molecule has 12 heavy (non-hydrogen) atoms. The van der Waals surface area contributed by atoms with Gasteiger partial charge in [-0.25, -0.2) is 0 Å². The van der Waals surface area contributed by atoms with Gasteiger partial charge < -0.3 is 16.4 Å². The molecule has 2 atom stereocenters. The summed E-state index contributed by atoms with van der Waals surface area (Å²) in [5.74, 6) is 0.362. The van der Waals surface area contributed by atoms with Gasteiger partial charge in [-0.15, -0.1) is 5.92 Å². The second-order valence-electron chi connectivity index (χ2n) is 3.23. The van der Waals surface area contributed by atoms with Gasteiger partial charge in [0.25, 0.3) is 0 Å². The topological polar surface area (TPSA) is 18.5 Å². The van der Waals surface area contributed by atoms with Gasteiger partial charge >= 0.3 is 18.9 Å². The van der Waals surface area contributed by atoms with Gasteiger partial charge in [0.05, 0.1) is 0 Å². The molecule has 0 aliphatic carbocycles. The van der Waals surface area contributed by atoms with E-state index in [0.717, 1.165) is 13.0 Å². The fourth-order valence-corrected chi connectivity index (χ4v) is 1.11. The van der Waals surface area contributed by atoms with Crippen LogP contribution < -0.4 is 18.9 Å². The third-order valence-electron chi connectivity index (χ3n) is 1.70. The Bertz CT molecular complexity index is 101. The van der Waals surface area contributed by atoms with Gasteiger partial charge in [0.2, 0.25) is 0 Å². The molecule has 0 bridgehead atoms. The SMILES string of the molecule is [CH2-]C(C)CO[C@@H]1CCCCO1.[Li+]. The molecule has 1 heterocycles. The normalized spacial score (nSPS) is 26.0. The molecule has 1 aliphatic heterocycles. The summed E-state index contributed by atoms with van der Waals surface area (Å²) < 4.78 is 10.8. The van der Waals surface area contributed by atoms with E-state index in [-0.39, 0.29) is 25.2 Å². The van der Waals surface area contributed by atoms with Crippen LogP contribution in [0.4, 0.5) is 0 Å². The summed E-state index contributed by atoms with van der Waals surface area (Å²) in [5, 5.41) is 0. The Balaban J connectivity index is 0.00000121. The fraction of sp³-hybridized carbons (Fsp3) is 0.889. The van der Waals surface area contributed by atoms with E-state index < -0.39 is 0 Å². The summed E-state index contributed by atoms with van der Waals surface area (Å²) in [6.07, 6.45) is 3.51. The Labute approximate surface area is 87.2 Å². The first kappa shape index (κ1) is 12.5. The molecule has 1 rings (SSSR count). The van der Waals surface area contributed by atoms with E-state index in [1.54, 1.807) is 0 Å². The fourth-order valence-electron chi connectivity index (χ4n) is 1.11. The van der Waals surface area contributed by atoms with Crippen LogP contribution in [0.25, 0.3) is 0 Å². The molecule has 0 aromatic heterocycles. The molecule has 1 aliphatic rings. The van der Waals surface area contributed by atoms with E-state index in [4.69, 9.17) is 9.47 Å². The molecule has 0 amide bonds. The summed E-state index contributed by atoms with van der Waals surface area (Å²) in [7, 11) is 0. The summed E-state index contributed by atoms with van der Waals surface area (Å²) in [6.45, 7) is 7.46. The van der Waals surface area contributed by atoms with E-state index in [1.807, 2.05) is 6.92 Å². The molecule has 0 saturated carbocycles. The minimum atomic E-state index is 0. The van der Waals surface area contributed by atoms with Crippen molar-refractivity contribution in [1.29, 1.82) is 0 Å². The third kappa shape index (κ3) is 5.21. The quantitative estimate of drug-likeness (QED) is 0.393. The van der Waals surface area contributed by atoms with Crippen molar-refractivity contribution < 1.29 is 28.3 Å². The van der Waals surface area contributed by atoms with Gasteiger partial charge in [0.15, 0.2) is 6.29 Å². The first-order chi connectivity index (χ1) is 5.29. The average molecular weight is 164 g/mol. The summed E-state index contributed by atoms with van der Waals surface area (Å²) >= 11 is 0. The van der Waals surface area contributed by atoms with Crippen molar-refractivity contribution in [2.75, 3.05) is 13.2 Å². The van der Waals surface area contributed by atoms with Crippen molar-refractivity contribution in [2.45, 2.75) is 32.5 Å². The molecule has 0 spiro atoms. The standard InChI is InChI=1S/C9H17O2.Li/c1-8(2)7-11-9-5-3-4-6-10-9;/h8-9H,1,3-7H2,2H3;/q-1;+1/t8?,9-;/m1./s1. The monoisotopic (exact) mass is 164 g/mol. The van der Waals surface area contributed by atoms with E-state index in [2.05, 4.69) is 6.92 Å². The van der Waals surface area contributed by atoms with Crippen LogP contribution in [0.5, 0.6) is 0 Å². The van der Waals surface area contributed by atoms with Gasteiger partial charge in [-0.05, 0) is 19.3 Å². The first-order valence-corrected chi connectivity index (χ1v) is 4.35. The van der Waals surface area contributed by atoms with Crippen LogP contribution in [0.15, 0.2) is 0 Å². The molecule has 3 heteroatoms. The number of ether oxygens (including phenoxy) is 2. The van der Waals surface area contributed by atoms with Crippen LogP contribution in [0.1, 0.15) is 26.2 Å². The van der Waals surface area contributed by atoms with Gasteiger partial charge in [0.1, 0.15) is 0 Å². The van der Waals surface area contributed by atoms with Crippen molar-refractivity contribution in [3.05, 3.63) is 6.92 Å². The maximum Gasteiger partial charge on any atom is 1.00 e.